The van der Waals surface area contributed by atoms with Crippen LogP contribution in [0.2, 0.25) is 0 Å². The molecule has 2 rings (SSSR count). The van der Waals surface area contributed by atoms with Gasteiger partial charge in [0, 0.05) is 19.3 Å². The Morgan fingerprint density at radius 1 is 0.648 bits per heavy atom. The molecule has 0 bridgehead atoms. The molecule has 0 aliphatic heterocycles. The number of carbonyl (C=O) groups excluding carboxylic acids is 5. The zero-order chi connectivity index (χ0) is 40.7. The van der Waals surface area contributed by atoms with Gasteiger partial charge in [-0.25, -0.2) is 4.79 Å². The molecule has 2 aromatic carbocycles. The summed E-state index contributed by atoms with van der Waals surface area (Å²) in [6.45, 7) is 0. The molecule has 0 fully saturated rings. The van der Waals surface area contributed by atoms with Crippen LogP contribution in [0.5, 0.6) is 11.5 Å². The molecule has 0 spiro atoms. The Balaban J connectivity index is 2.43. The smallest absolute Gasteiger partial charge is 0.446 e. The number of hydrogen-bond donors (Lipinski definition) is 11. The number of carbonyl (C=O) groups is 8. The van der Waals surface area contributed by atoms with Crippen LogP contribution in [0.3, 0.4) is 0 Å². The van der Waals surface area contributed by atoms with E-state index in [4.69, 9.17) is 21.1 Å². The van der Waals surface area contributed by atoms with E-state index in [1.165, 1.54) is 36.4 Å². The van der Waals surface area contributed by atoms with Crippen LogP contribution in [0.1, 0.15) is 36.8 Å². The molecule has 13 N–H and O–H groups in total. The fourth-order valence-corrected chi connectivity index (χ4v) is 4.98. The van der Waals surface area contributed by atoms with Crippen LogP contribution < -0.4 is 36.9 Å². The van der Waals surface area contributed by atoms with Crippen LogP contribution in [0.15, 0.2) is 48.5 Å². The highest BCUT2D eigenvalue weighted by Crippen LogP contribution is 2.16. The largest absolute Gasteiger partial charge is 0.508 e. The highest BCUT2D eigenvalue weighted by atomic mass is 32.3. The number of phenolic OH excluding ortho intramolecular Hbond substituents is 1. The number of benzene rings is 2. The van der Waals surface area contributed by atoms with Crippen LogP contribution in [0.25, 0.3) is 0 Å². The van der Waals surface area contributed by atoms with Crippen LogP contribution in [-0.2, 0) is 61.6 Å². The van der Waals surface area contributed by atoms with Gasteiger partial charge in [0.25, 0.3) is 0 Å². The van der Waals surface area contributed by atoms with Gasteiger partial charge in [0.15, 0.2) is 0 Å². The molecule has 0 radical (unpaired) electrons. The first kappa shape index (κ1) is 43.8. The van der Waals surface area contributed by atoms with Crippen molar-refractivity contribution in [3.63, 3.8) is 0 Å². The topological polar surface area (TPSA) is 381 Å². The Bertz CT molecular complexity index is 1820. The Hall–Kier alpha value is -6.33. The van der Waals surface area contributed by atoms with Crippen LogP contribution in [0, 0.1) is 0 Å². The van der Waals surface area contributed by atoms with Gasteiger partial charge < -0.3 is 57.3 Å². The maximum absolute atomic E-state index is 13.6. The van der Waals surface area contributed by atoms with Crippen molar-refractivity contribution >= 4 is 57.8 Å². The van der Waals surface area contributed by atoms with E-state index in [1.807, 2.05) is 0 Å². The number of carboxylic acid groups (broad SMARTS) is 3. The first-order chi connectivity index (χ1) is 25.1. The van der Waals surface area contributed by atoms with Gasteiger partial charge in [-0.3, -0.25) is 38.1 Å². The Morgan fingerprint density at radius 2 is 1.07 bits per heavy atom. The molecule has 0 saturated heterocycles. The molecule has 5 atom stereocenters. The summed E-state index contributed by atoms with van der Waals surface area (Å²) in [6, 6.07) is 1.18. The molecule has 0 unspecified atom stereocenters. The second-order valence-corrected chi connectivity index (χ2v) is 12.6. The standard InChI is InChI=1S/C31H38N6O16S/c32-19(13-25(40)41)27(44)35-21(11-15-1-5-17(38)6-2-15)29(46)37-23(14-26(42)43)30(47)36-22(28(45)34-20(31(48)49)9-10-24(33)39)12-16-3-7-18(8-4-16)53-54(50,51)52/h1-8,19-23,38H,9-14,32H2,(H2,33,39)(H,34,45)(H,35,44)(H,36,47)(H,37,46)(H,40,41)(H,42,43)(H,48,49)(H,50,51,52)/t19-,20-,21-,22-,23-/m0/s1. The molecule has 0 aliphatic carbocycles. The number of hydrogen-bond acceptors (Lipinski definition) is 13. The number of primary amides is 1. The monoisotopic (exact) mass is 782 g/mol. The van der Waals surface area contributed by atoms with Gasteiger partial charge in [-0.2, -0.15) is 8.42 Å². The summed E-state index contributed by atoms with van der Waals surface area (Å²) in [5.41, 5.74) is 11.2. The molecular formula is C31H38N6O16S. The average molecular weight is 783 g/mol. The van der Waals surface area contributed by atoms with Crippen LogP contribution in [-0.4, -0.2) is 111 Å². The molecule has 294 valence electrons. The van der Waals surface area contributed by atoms with Crippen molar-refractivity contribution in [2.24, 2.45) is 11.5 Å². The first-order valence-corrected chi connectivity index (χ1v) is 17.0. The molecule has 0 aromatic heterocycles. The molecule has 2 aromatic rings. The third kappa shape index (κ3) is 15.9. The van der Waals surface area contributed by atoms with Gasteiger partial charge in [0.05, 0.1) is 18.9 Å². The minimum Gasteiger partial charge on any atom is -0.508 e. The normalized spacial score (nSPS) is 13.8. The number of rotatable bonds is 22. The van der Waals surface area contributed by atoms with E-state index in [1.54, 1.807) is 0 Å². The van der Waals surface area contributed by atoms with E-state index < -0.39 is 120 Å². The second-order valence-electron chi connectivity index (χ2n) is 11.6. The SMILES string of the molecule is NC(=O)CC[C@H](NC(=O)[C@H](Cc1ccc(OS(=O)(=O)O)cc1)NC(=O)[C@H](CC(=O)O)NC(=O)[C@H](Cc1ccc(O)cc1)NC(=O)[C@@H](N)CC(=O)O)C(=O)O. The summed E-state index contributed by atoms with van der Waals surface area (Å²) in [7, 11) is -4.90. The summed E-state index contributed by atoms with van der Waals surface area (Å²) in [4.78, 5) is 99.1. The van der Waals surface area contributed by atoms with Crippen molar-refractivity contribution in [1.29, 1.82) is 0 Å². The van der Waals surface area contributed by atoms with Crippen molar-refractivity contribution in [1.82, 2.24) is 21.3 Å². The van der Waals surface area contributed by atoms with Crippen molar-refractivity contribution in [2.45, 2.75) is 68.7 Å². The molecule has 22 nitrogen and oxygen atoms in total. The van der Waals surface area contributed by atoms with E-state index in [0.29, 0.717) is 5.56 Å². The van der Waals surface area contributed by atoms with E-state index in [0.717, 1.165) is 12.1 Å². The van der Waals surface area contributed by atoms with E-state index in [-0.39, 0.29) is 23.5 Å². The number of aliphatic carboxylic acids is 3. The Kier molecular flexibility index (Phi) is 16.3. The third-order valence-corrected chi connectivity index (χ3v) is 7.65. The van der Waals surface area contributed by atoms with E-state index in [9.17, 15) is 62.1 Å². The fraction of sp³-hybridized carbons (Fsp3) is 0.355. The first-order valence-electron chi connectivity index (χ1n) is 15.6. The molecule has 0 saturated carbocycles. The average Bonchev–Trinajstić information content (AvgIpc) is 3.05. The number of nitrogens with two attached hydrogens (primary N) is 2. The maximum Gasteiger partial charge on any atom is 0.446 e. The minimum atomic E-state index is -4.90. The highest BCUT2D eigenvalue weighted by Gasteiger charge is 2.33. The predicted molar refractivity (Wildman–Crippen MR) is 180 cm³/mol. The highest BCUT2D eigenvalue weighted by molar-refractivity contribution is 7.81. The Morgan fingerprint density at radius 3 is 1.52 bits per heavy atom. The lowest BCUT2D eigenvalue weighted by Crippen LogP contribution is -2.59. The molecule has 5 amide bonds. The number of amides is 5. The number of phenols is 1. The summed E-state index contributed by atoms with van der Waals surface area (Å²) in [5, 5.41) is 46.5. The van der Waals surface area contributed by atoms with Gasteiger partial charge in [-0.1, -0.05) is 24.3 Å². The summed E-state index contributed by atoms with van der Waals surface area (Å²) in [5.74, 6) is -10.7. The molecule has 23 heteroatoms. The van der Waals surface area contributed by atoms with Gasteiger partial charge in [-0.15, -0.1) is 0 Å². The van der Waals surface area contributed by atoms with E-state index >= 15 is 0 Å². The molecule has 0 aliphatic rings. The van der Waals surface area contributed by atoms with E-state index in [2.05, 4.69) is 25.5 Å². The second kappa shape index (κ2) is 20.1. The predicted octanol–water partition coefficient (Wildman–Crippen LogP) is -3.07. The van der Waals surface area contributed by atoms with Crippen LogP contribution >= 0.6 is 0 Å². The zero-order valence-electron chi connectivity index (χ0n) is 28.0. The summed E-state index contributed by atoms with van der Waals surface area (Å²) >= 11 is 0. The molecule has 0 heterocycles. The van der Waals surface area contributed by atoms with Crippen LogP contribution in [0.4, 0.5) is 0 Å². The number of nitrogens with one attached hydrogen (secondary N) is 4. The zero-order valence-corrected chi connectivity index (χ0v) is 28.9. The lowest BCUT2D eigenvalue weighted by Gasteiger charge is -2.26. The lowest BCUT2D eigenvalue weighted by molar-refractivity contribution is -0.143. The van der Waals surface area contributed by atoms with Gasteiger partial charge >= 0.3 is 28.3 Å². The maximum atomic E-state index is 13.6. The van der Waals surface area contributed by atoms with Gasteiger partial charge in [-0.05, 0) is 41.8 Å². The molecular weight excluding hydrogens is 744 g/mol. The van der Waals surface area contributed by atoms with Crippen molar-refractivity contribution in [2.75, 3.05) is 0 Å². The van der Waals surface area contributed by atoms with Gasteiger partial charge in [0.2, 0.25) is 29.5 Å². The van der Waals surface area contributed by atoms with Gasteiger partial charge in [0.1, 0.15) is 35.7 Å². The third-order valence-electron chi connectivity index (χ3n) is 7.24. The van der Waals surface area contributed by atoms with Crippen molar-refractivity contribution in [3.8, 4) is 11.5 Å². The number of aromatic hydroxyl groups is 1. The molecule has 54 heavy (non-hydrogen) atoms. The summed E-state index contributed by atoms with van der Waals surface area (Å²) in [6.07, 6.45) is -3.64. The minimum absolute atomic E-state index is 0.144. The fourth-order valence-electron chi connectivity index (χ4n) is 4.63. The number of carboxylic acids is 3. The summed E-state index contributed by atoms with van der Waals surface area (Å²) < 4.78 is 35.3. The van der Waals surface area contributed by atoms with Crippen molar-refractivity contribution < 1.29 is 75.9 Å². The Labute approximate surface area is 306 Å². The quantitative estimate of drug-likeness (QED) is 0.0528. The van der Waals surface area contributed by atoms with Crippen molar-refractivity contribution in [3.05, 3.63) is 59.7 Å². The lowest BCUT2D eigenvalue weighted by atomic mass is 10.0.